The molecule has 0 amide bonds. The first-order chi connectivity index (χ1) is 14.8. The van der Waals surface area contributed by atoms with Crippen LogP contribution in [0.4, 0.5) is 5.82 Å². The number of ether oxygens (including phenoxy) is 2. The van der Waals surface area contributed by atoms with Crippen LogP contribution in [-0.2, 0) is 9.47 Å². The number of rotatable bonds is 5. The number of imidazole rings is 1. The van der Waals surface area contributed by atoms with Crippen molar-refractivity contribution < 1.29 is 9.47 Å². The lowest BCUT2D eigenvalue weighted by Crippen LogP contribution is -2.50. The molecule has 3 aromatic rings. The molecule has 1 aromatic carbocycles. The second kappa shape index (κ2) is 8.23. The highest BCUT2D eigenvalue weighted by Gasteiger charge is 2.31. The molecule has 7 nitrogen and oxygen atoms in total. The van der Waals surface area contributed by atoms with Crippen molar-refractivity contribution in [3.63, 3.8) is 0 Å². The Hall–Kier alpha value is -2.66. The highest BCUT2D eigenvalue weighted by molar-refractivity contribution is 5.85. The average Bonchev–Trinajstić information content (AvgIpc) is 3.43. The molecular formula is C23H27N5O2. The maximum atomic E-state index is 9.71. The lowest BCUT2D eigenvalue weighted by atomic mass is 9.97. The quantitative estimate of drug-likeness (QED) is 0.704. The van der Waals surface area contributed by atoms with E-state index in [0.29, 0.717) is 23.2 Å². The first kappa shape index (κ1) is 19.3. The molecule has 0 bridgehead atoms. The summed E-state index contributed by atoms with van der Waals surface area (Å²) in [5.74, 6) is 1.50. The zero-order valence-electron chi connectivity index (χ0n) is 17.3. The van der Waals surface area contributed by atoms with E-state index in [2.05, 4.69) is 32.8 Å². The van der Waals surface area contributed by atoms with Gasteiger partial charge in [0.25, 0.3) is 0 Å². The number of hydrogen-bond donors (Lipinski definition) is 1. The molecule has 0 unspecified atom stereocenters. The van der Waals surface area contributed by atoms with Crippen LogP contribution in [0.5, 0.6) is 0 Å². The highest BCUT2D eigenvalue weighted by Crippen LogP contribution is 2.28. The van der Waals surface area contributed by atoms with E-state index in [1.807, 2.05) is 25.1 Å². The lowest BCUT2D eigenvalue weighted by Gasteiger charge is -2.37. The van der Waals surface area contributed by atoms with Crippen LogP contribution >= 0.6 is 0 Å². The first-order valence-electron chi connectivity index (χ1n) is 10.7. The summed E-state index contributed by atoms with van der Waals surface area (Å²) in [6.45, 7) is 7.95. The van der Waals surface area contributed by atoms with Gasteiger partial charge in [0, 0.05) is 38.2 Å². The van der Waals surface area contributed by atoms with E-state index in [1.54, 1.807) is 0 Å². The van der Waals surface area contributed by atoms with Gasteiger partial charge in [0.05, 0.1) is 36.4 Å². The zero-order chi connectivity index (χ0) is 20.5. The van der Waals surface area contributed by atoms with Gasteiger partial charge in [0.2, 0.25) is 0 Å². The Morgan fingerprint density at radius 2 is 2.07 bits per heavy atom. The Morgan fingerprint density at radius 3 is 2.83 bits per heavy atom. The lowest BCUT2D eigenvalue weighted by molar-refractivity contribution is 0.00459. The third-order valence-corrected chi connectivity index (χ3v) is 6.40. The van der Waals surface area contributed by atoms with Crippen LogP contribution in [0.1, 0.15) is 17.5 Å². The maximum absolute atomic E-state index is 9.71. The Morgan fingerprint density at radius 1 is 1.23 bits per heavy atom. The second-order valence-corrected chi connectivity index (χ2v) is 8.18. The third kappa shape index (κ3) is 3.41. The predicted octanol–water partition coefficient (Wildman–Crippen LogP) is 2.82. The summed E-state index contributed by atoms with van der Waals surface area (Å²) in [5, 5.41) is 13.4. The standard InChI is InChI=1S/C23H27N5O2/c1-16-12-22(28-20-5-3-2-4-19(20)26-23(28)18(16)13-24)25-14-21(17-6-9-30-15-17)27-7-10-29-11-8-27/h2-5,12,17,21,25H,6-11,14-15H2,1H3/t17-,21+/m0/s1. The molecule has 156 valence electrons. The van der Waals surface area contributed by atoms with Gasteiger partial charge in [-0.15, -0.1) is 0 Å². The van der Waals surface area contributed by atoms with Gasteiger partial charge in [-0.25, -0.2) is 4.98 Å². The first-order valence-corrected chi connectivity index (χ1v) is 10.7. The smallest absolute Gasteiger partial charge is 0.157 e. The van der Waals surface area contributed by atoms with Gasteiger partial charge >= 0.3 is 0 Å². The van der Waals surface area contributed by atoms with E-state index in [1.165, 1.54) is 0 Å². The van der Waals surface area contributed by atoms with Gasteiger partial charge < -0.3 is 14.8 Å². The maximum Gasteiger partial charge on any atom is 0.157 e. The SMILES string of the molecule is Cc1cc(NC[C@H]([C@H]2CCOC2)N2CCOCC2)n2c(nc3ccccc32)c1C#N. The fourth-order valence-corrected chi connectivity index (χ4v) is 4.79. The number of nitrogens with zero attached hydrogens (tertiary/aromatic N) is 4. The fourth-order valence-electron chi connectivity index (χ4n) is 4.79. The molecule has 0 saturated carbocycles. The van der Waals surface area contributed by atoms with E-state index in [9.17, 15) is 5.26 Å². The Bertz CT molecular complexity index is 1090. The van der Waals surface area contributed by atoms with Crippen molar-refractivity contribution in [3.05, 3.63) is 41.5 Å². The molecule has 30 heavy (non-hydrogen) atoms. The number of morpholine rings is 1. The normalized spacial score (nSPS) is 21.1. The Kier molecular flexibility index (Phi) is 5.30. The van der Waals surface area contributed by atoms with Crippen molar-refractivity contribution in [1.29, 1.82) is 5.26 Å². The summed E-state index contributed by atoms with van der Waals surface area (Å²) >= 11 is 0. The molecule has 2 atom stereocenters. The minimum absolute atomic E-state index is 0.386. The van der Waals surface area contributed by atoms with Crippen LogP contribution in [0.15, 0.2) is 30.3 Å². The second-order valence-electron chi connectivity index (χ2n) is 8.18. The topological polar surface area (TPSA) is 74.8 Å². The monoisotopic (exact) mass is 405 g/mol. The summed E-state index contributed by atoms with van der Waals surface area (Å²) in [6, 6.07) is 12.8. The summed E-state index contributed by atoms with van der Waals surface area (Å²) < 4.78 is 13.4. The van der Waals surface area contributed by atoms with Gasteiger partial charge in [-0.3, -0.25) is 9.30 Å². The number of nitriles is 1. The molecule has 2 aromatic heterocycles. The van der Waals surface area contributed by atoms with Crippen molar-refractivity contribution in [1.82, 2.24) is 14.3 Å². The van der Waals surface area contributed by atoms with Crippen LogP contribution in [0.25, 0.3) is 16.7 Å². The number of aryl methyl sites for hydroxylation is 1. The largest absolute Gasteiger partial charge is 0.381 e. The fraction of sp³-hybridized carbons (Fsp3) is 0.478. The molecule has 2 fully saturated rings. The van der Waals surface area contributed by atoms with Crippen LogP contribution in [0.2, 0.25) is 0 Å². The van der Waals surface area contributed by atoms with Crippen LogP contribution in [0, 0.1) is 24.2 Å². The molecule has 0 radical (unpaired) electrons. The van der Waals surface area contributed by atoms with Crippen LogP contribution in [-0.4, -0.2) is 66.4 Å². The van der Waals surface area contributed by atoms with Crippen molar-refractivity contribution >= 4 is 22.5 Å². The summed E-state index contributed by atoms with van der Waals surface area (Å²) in [6.07, 6.45) is 1.10. The van der Waals surface area contributed by atoms with E-state index >= 15 is 0 Å². The van der Waals surface area contributed by atoms with E-state index < -0.39 is 0 Å². The molecule has 1 N–H and O–H groups in total. The van der Waals surface area contributed by atoms with Gasteiger partial charge in [-0.2, -0.15) is 5.26 Å². The highest BCUT2D eigenvalue weighted by atomic mass is 16.5. The van der Waals surface area contributed by atoms with Crippen molar-refractivity contribution in [2.24, 2.45) is 5.92 Å². The Balaban J connectivity index is 1.51. The van der Waals surface area contributed by atoms with Gasteiger partial charge in [0.15, 0.2) is 5.65 Å². The Labute approximate surface area is 176 Å². The van der Waals surface area contributed by atoms with Gasteiger partial charge in [-0.05, 0) is 37.1 Å². The number of pyridine rings is 1. The van der Waals surface area contributed by atoms with E-state index in [4.69, 9.17) is 14.5 Å². The van der Waals surface area contributed by atoms with Crippen molar-refractivity contribution in [2.45, 2.75) is 19.4 Å². The molecule has 2 saturated heterocycles. The van der Waals surface area contributed by atoms with Crippen LogP contribution < -0.4 is 5.32 Å². The number of para-hydroxylation sites is 2. The third-order valence-electron chi connectivity index (χ3n) is 6.40. The number of nitrogens with one attached hydrogen (secondary N) is 1. The molecule has 2 aliphatic heterocycles. The van der Waals surface area contributed by atoms with E-state index in [-0.39, 0.29) is 0 Å². The van der Waals surface area contributed by atoms with Gasteiger partial charge in [0.1, 0.15) is 11.9 Å². The number of hydrogen-bond acceptors (Lipinski definition) is 6. The molecule has 2 aliphatic rings. The van der Waals surface area contributed by atoms with E-state index in [0.717, 1.165) is 74.9 Å². The van der Waals surface area contributed by atoms with Crippen LogP contribution in [0.3, 0.4) is 0 Å². The van der Waals surface area contributed by atoms with Crippen molar-refractivity contribution in [3.8, 4) is 6.07 Å². The number of fused-ring (bicyclic) bond motifs is 3. The molecular weight excluding hydrogens is 378 g/mol. The molecule has 7 heteroatoms. The molecule has 4 heterocycles. The number of anilines is 1. The zero-order valence-corrected chi connectivity index (χ0v) is 17.3. The summed E-state index contributed by atoms with van der Waals surface area (Å²) in [7, 11) is 0. The minimum Gasteiger partial charge on any atom is -0.381 e. The summed E-state index contributed by atoms with van der Waals surface area (Å²) in [4.78, 5) is 7.29. The predicted molar refractivity (Wildman–Crippen MR) is 116 cm³/mol. The summed E-state index contributed by atoms with van der Waals surface area (Å²) in [5.41, 5.74) is 4.20. The molecule has 0 spiro atoms. The molecule has 0 aliphatic carbocycles. The average molecular weight is 406 g/mol. The number of benzene rings is 1. The van der Waals surface area contributed by atoms with Crippen molar-refractivity contribution in [2.75, 3.05) is 51.4 Å². The van der Waals surface area contributed by atoms with Gasteiger partial charge in [-0.1, -0.05) is 12.1 Å². The number of aromatic nitrogens is 2. The molecule has 5 rings (SSSR count). The minimum atomic E-state index is 0.386.